The maximum absolute atomic E-state index is 4.92. The van der Waals surface area contributed by atoms with Gasteiger partial charge in [-0.05, 0) is 31.1 Å². The van der Waals surface area contributed by atoms with Gasteiger partial charge in [-0.2, -0.15) is 0 Å². The lowest BCUT2D eigenvalue weighted by Gasteiger charge is -2.46. The van der Waals surface area contributed by atoms with Gasteiger partial charge in [-0.1, -0.05) is 48.5 Å². The van der Waals surface area contributed by atoms with Crippen LogP contribution in [0, 0.1) is 11.3 Å². The topological polar surface area (TPSA) is 21.6 Å². The van der Waals surface area contributed by atoms with Gasteiger partial charge in [0.25, 0.3) is 0 Å². The lowest BCUT2D eigenvalue weighted by Crippen LogP contribution is -2.47. The van der Waals surface area contributed by atoms with Crippen molar-refractivity contribution in [2.45, 2.75) is 44.0 Å². The van der Waals surface area contributed by atoms with Gasteiger partial charge < -0.3 is 4.84 Å². The molecule has 1 saturated carbocycles. The normalized spacial score (nSPS) is 39.9. The molecular formula is C11H20INO. The van der Waals surface area contributed by atoms with Crippen molar-refractivity contribution in [1.82, 2.24) is 0 Å². The summed E-state index contributed by atoms with van der Waals surface area (Å²) in [4.78, 5) is 4.92. The molecule has 82 valence electrons. The molecule has 1 fully saturated rings. The third-order valence-corrected chi connectivity index (χ3v) is 5.31. The highest BCUT2D eigenvalue weighted by atomic mass is 127. The molecule has 0 saturated heterocycles. The Hall–Kier alpha value is 0.200. The second kappa shape index (κ2) is 3.99. The summed E-state index contributed by atoms with van der Waals surface area (Å²) in [5, 5.41) is 4.16. The molecule has 0 aromatic carbocycles. The maximum Gasteiger partial charge on any atom is 0.106 e. The molecule has 1 aliphatic carbocycles. The van der Waals surface area contributed by atoms with E-state index in [0.29, 0.717) is 11.3 Å². The molecule has 2 nitrogen and oxygen atoms in total. The Balaban J connectivity index is 2.96. The Morgan fingerprint density at radius 1 is 1.43 bits per heavy atom. The summed E-state index contributed by atoms with van der Waals surface area (Å²) in [6, 6.07) is 0. The summed E-state index contributed by atoms with van der Waals surface area (Å²) in [7, 11) is 1.63. The quantitative estimate of drug-likeness (QED) is 0.412. The molecule has 1 rings (SSSR count). The van der Waals surface area contributed by atoms with Crippen LogP contribution in [0.3, 0.4) is 0 Å². The van der Waals surface area contributed by atoms with Gasteiger partial charge in [0.2, 0.25) is 0 Å². The van der Waals surface area contributed by atoms with Crippen LogP contribution in [0.25, 0.3) is 0 Å². The fraction of sp³-hybridized carbons (Fsp3) is 0.909. The second-order valence-electron chi connectivity index (χ2n) is 5.01. The summed E-state index contributed by atoms with van der Waals surface area (Å²) >= 11 is 2.52. The average molecular weight is 309 g/mol. The van der Waals surface area contributed by atoms with Crippen LogP contribution in [0.4, 0.5) is 0 Å². The minimum Gasteiger partial charge on any atom is -0.399 e. The van der Waals surface area contributed by atoms with Crippen LogP contribution in [-0.2, 0) is 4.84 Å². The van der Waals surface area contributed by atoms with Gasteiger partial charge in [-0.25, -0.2) is 0 Å². The van der Waals surface area contributed by atoms with Crippen LogP contribution in [0.1, 0.15) is 40.5 Å². The number of hydrogen-bond donors (Lipinski definition) is 0. The Bertz CT molecular complexity index is 246. The molecule has 0 radical (unpaired) electrons. The van der Waals surface area contributed by atoms with Crippen molar-refractivity contribution in [3.05, 3.63) is 0 Å². The summed E-state index contributed by atoms with van der Waals surface area (Å²) in [6.07, 6.45) is 2.26. The van der Waals surface area contributed by atoms with E-state index in [-0.39, 0.29) is 3.42 Å². The highest BCUT2D eigenvalue weighted by molar-refractivity contribution is 14.1. The molecule has 14 heavy (non-hydrogen) atoms. The third kappa shape index (κ3) is 2.07. The lowest BCUT2D eigenvalue weighted by molar-refractivity contribution is 0.169. The fourth-order valence-corrected chi connectivity index (χ4v) is 3.34. The van der Waals surface area contributed by atoms with E-state index in [1.807, 2.05) is 0 Å². The molecular weight excluding hydrogens is 289 g/mol. The first-order valence-corrected chi connectivity index (χ1v) is 6.19. The highest BCUT2D eigenvalue weighted by Gasteiger charge is 2.46. The Morgan fingerprint density at radius 3 is 2.50 bits per heavy atom. The van der Waals surface area contributed by atoms with Crippen LogP contribution < -0.4 is 0 Å². The van der Waals surface area contributed by atoms with Crippen LogP contribution in [-0.4, -0.2) is 16.2 Å². The van der Waals surface area contributed by atoms with Crippen molar-refractivity contribution < 1.29 is 4.84 Å². The zero-order valence-corrected chi connectivity index (χ0v) is 11.9. The SMILES string of the molecule is CO/N=C1\CCC(C)(C)C(C)C1(C)I. The van der Waals surface area contributed by atoms with Gasteiger partial charge in [-0.3, -0.25) is 0 Å². The number of nitrogens with zero attached hydrogens (tertiary/aromatic N) is 1. The largest absolute Gasteiger partial charge is 0.399 e. The lowest BCUT2D eigenvalue weighted by atomic mass is 9.64. The smallest absolute Gasteiger partial charge is 0.106 e. The van der Waals surface area contributed by atoms with Crippen LogP contribution >= 0.6 is 22.6 Å². The molecule has 0 bridgehead atoms. The van der Waals surface area contributed by atoms with E-state index in [4.69, 9.17) is 4.84 Å². The number of hydrogen-bond acceptors (Lipinski definition) is 2. The first-order chi connectivity index (χ1) is 6.32. The van der Waals surface area contributed by atoms with E-state index < -0.39 is 0 Å². The van der Waals surface area contributed by atoms with E-state index in [2.05, 4.69) is 55.4 Å². The molecule has 0 heterocycles. The van der Waals surface area contributed by atoms with E-state index in [1.54, 1.807) is 7.11 Å². The van der Waals surface area contributed by atoms with E-state index in [9.17, 15) is 0 Å². The van der Waals surface area contributed by atoms with Crippen molar-refractivity contribution >= 4 is 28.3 Å². The van der Waals surface area contributed by atoms with E-state index in [0.717, 1.165) is 6.42 Å². The summed E-state index contributed by atoms with van der Waals surface area (Å²) in [5.74, 6) is 0.623. The van der Waals surface area contributed by atoms with E-state index >= 15 is 0 Å². The molecule has 0 aromatic rings. The van der Waals surface area contributed by atoms with Crippen molar-refractivity contribution in [3.63, 3.8) is 0 Å². The Kier molecular flexibility index (Phi) is 3.49. The molecule has 2 unspecified atom stereocenters. The van der Waals surface area contributed by atoms with Gasteiger partial charge in [0.15, 0.2) is 0 Å². The Morgan fingerprint density at radius 2 is 2.00 bits per heavy atom. The van der Waals surface area contributed by atoms with Gasteiger partial charge in [0, 0.05) is 0 Å². The second-order valence-corrected chi connectivity index (χ2v) is 7.25. The number of alkyl halides is 1. The van der Waals surface area contributed by atoms with Crippen LogP contribution in [0.5, 0.6) is 0 Å². The molecule has 1 aliphatic rings. The predicted molar refractivity (Wildman–Crippen MR) is 69.0 cm³/mol. The third-order valence-electron chi connectivity index (χ3n) is 3.76. The first kappa shape index (κ1) is 12.3. The average Bonchev–Trinajstić information content (AvgIpc) is 2.08. The monoisotopic (exact) mass is 309 g/mol. The molecule has 0 N–H and O–H groups in total. The zero-order chi connectivity index (χ0) is 11.0. The molecule has 0 spiro atoms. The standard InChI is InChI=1S/C11H20INO/c1-8-10(2,3)7-6-9(13-14-5)11(8,4)12/h8H,6-7H2,1-5H3/b13-9+. The van der Waals surface area contributed by atoms with E-state index in [1.165, 1.54) is 12.1 Å². The molecule has 3 heteroatoms. The van der Waals surface area contributed by atoms with Crippen LogP contribution in [0.15, 0.2) is 5.16 Å². The number of oxime groups is 1. The molecule has 2 atom stereocenters. The van der Waals surface area contributed by atoms with Gasteiger partial charge in [-0.15, -0.1) is 0 Å². The Labute approximate surface area is 101 Å². The van der Waals surface area contributed by atoms with Crippen LogP contribution in [0.2, 0.25) is 0 Å². The van der Waals surface area contributed by atoms with Crippen molar-refractivity contribution in [3.8, 4) is 0 Å². The minimum absolute atomic E-state index is 0.134. The predicted octanol–water partition coefficient (Wildman–Crippen LogP) is 3.64. The molecule has 0 aliphatic heterocycles. The zero-order valence-electron chi connectivity index (χ0n) is 9.72. The first-order valence-electron chi connectivity index (χ1n) is 5.12. The van der Waals surface area contributed by atoms with Gasteiger partial charge in [0.05, 0.1) is 9.13 Å². The highest BCUT2D eigenvalue weighted by Crippen LogP contribution is 2.48. The number of halogens is 1. The fourth-order valence-electron chi connectivity index (χ4n) is 2.13. The molecule has 0 aromatic heterocycles. The van der Waals surface area contributed by atoms with Crippen molar-refractivity contribution in [1.29, 1.82) is 0 Å². The van der Waals surface area contributed by atoms with Crippen molar-refractivity contribution in [2.24, 2.45) is 16.5 Å². The summed E-state index contributed by atoms with van der Waals surface area (Å²) in [6.45, 7) is 9.27. The van der Waals surface area contributed by atoms with Gasteiger partial charge in [0.1, 0.15) is 7.11 Å². The number of rotatable bonds is 1. The minimum atomic E-state index is 0.134. The maximum atomic E-state index is 4.92. The summed E-state index contributed by atoms with van der Waals surface area (Å²) < 4.78 is 0.134. The van der Waals surface area contributed by atoms with Crippen molar-refractivity contribution in [2.75, 3.05) is 7.11 Å². The van der Waals surface area contributed by atoms with Gasteiger partial charge >= 0.3 is 0 Å². The summed E-state index contributed by atoms with van der Waals surface area (Å²) in [5.41, 5.74) is 1.61. The molecule has 0 amide bonds.